The monoisotopic (exact) mass is 300 g/mol. The number of aryl methyl sites for hydroxylation is 2. The molecule has 0 saturated carbocycles. The smallest absolute Gasteiger partial charge is 0.161 e. The number of benzene rings is 2. The summed E-state index contributed by atoms with van der Waals surface area (Å²) in [4.78, 5) is 8.95. The van der Waals surface area contributed by atoms with Gasteiger partial charge in [-0.05, 0) is 42.7 Å². The molecule has 0 N–H and O–H groups in total. The first-order chi connectivity index (χ1) is 10.1. The van der Waals surface area contributed by atoms with Crippen LogP contribution in [0.1, 0.15) is 18.1 Å². The van der Waals surface area contributed by atoms with Crippen LogP contribution in [-0.2, 0) is 6.42 Å². The van der Waals surface area contributed by atoms with Gasteiger partial charge >= 0.3 is 0 Å². The van der Waals surface area contributed by atoms with Crippen LogP contribution in [0.2, 0.25) is 5.15 Å². The molecule has 1 aromatic heterocycles. The van der Waals surface area contributed by atoms with Crippen LogP contribution in [0.3, 0.4) is 0 Å². The zero-order valence-electron chi connectivity index (χ0n) is 11.8. The molecule has 0 fully saturated rings. The number of hydrogen-bond acceptors (Lipinski definition) is 2. The fourth-order valence-corrected chi connectivity index (χ4v) is 2.65. The van der Waals surface area contributed by atoms with Gasteiger partial charge in [0, 0.05) is 10.9 Å². The van der Waals surface area contributed by atoms with Crippen molar-refractivity contribution in [3.8, 4) is 11.4 Å². The van der Waals surface area contributed by atoms with E-state index in [1.807, 2.05) is 25.1 Å². The van der Waals surface area contributed by atoms with E-state index in [1.54, 1.807) is 6.07 Å². The summed E-state index contributed by atoms with van der Waals surface area (Å²) >= 11 is 6.29. The number of halogens is 2. The topological polar surface area (TPSA) is 25.8 Å². The van der Waals surface area contributed by atoms with Gasteiger partial charge in [-0.2, -0.15) is 0 Å². The van der Waals surface area contributed by atoms with Crippen molar-refractivity contribution < 1.29 is 4.39 Å². The second-order valence-corrected chi connectivity index (χ2v) is 5.32. The lowest BCUT2D eigenvalue weighted by Crippen LogP contribution is -1.97. The highest BCUT2D eigenvalue weighted by atomic mass is 35.5. The Kier molecular flexibility index (Phi) is 3.60. The average molecular weight is 301 g/mol. The van der Waals surface area contributed by atoms with Gasteiger partial charge in [-0.25, -0.2) is 14.4 Å². The first-order valence-electron chi connectivity index (χ1n) is 6.82. The number of fused-ring (bicyclic) bond motifs is 1. The Morgan fingerprint density at radius 2 is 1.95 bits per heavy atom. The maximum absolute atomic E-state index is 13.5. The minimum Gasteiger partial charge on any atom is -0.228 e. The molecule has 0 aliphatic rings. The van der Waals surface area contributed by atoms with Crippen molar-refractivity contribution in [1.82, 2.24) is 9.97 Å². The van der Waals surface area contributed by atoms with Crippen molar-refractivity contribution >= 4 is 22.5 Å². The normalized spacial score (nSPS) is 11.0. The Balaban J connectivity index is 2.31. The highest BCUT2D eigenvalue weighted by Gasteiger charge is 2.12. The van der Waals surface area contributed by atoms with E-state index in [0.717, 1.165) is 28.5 Å². The standard InChI is InChI=1S/C17H14ClFN2/c1-3-11-5-4-6-13-15(11)20-17(21-16(13)18)14-9-12(19)8-7-10(14)2/h4-9H,3H2,1-2H3. The summed E-state index contributed by atoms with van der Waals surface area (Å²) in [7, 11) is 0. The molecule has 3 rings (SSSR count). The summed E-state index contributed by atoms with van der Waals surface area (Å²) in [6.07, 6.45) is 0.853. The predicted octanol–water partition coefficient (Wildman–Crippen LogP) is 4.96. The Hall–Kier alpha value is -2.00. The van der Waals surface area contributed by atoms with Gasteiger partial charge in [0.05, 0.1) is 5.52 Å². The van der Waals surface area contributed by atoms with Crippen LogP contribution < -0.4 is 0 Å². The third kappa shape index (κ3) is 2.49. The van der Waals surface area contributed by atoms with E-state index < -0.39 is 0 Å². The van der Waals surface area contributed by atoms with Crippen molar-refractivity contribution in [2.75, 3.05) is 0 Å². The lowest BCUT2D eigenvalue weighted by Gasteiger charge is -2.09. The highest BCUT2D eigenvalue weighted by molar-refractivity contribution is 6.34. The molecular weight excluding hydrogens is 287 g/mol. The molecule has 4 heteroatoms. The van der Waals surface area contributed by atoms with Crippen molar-refractivity contribution in [3.63, 3.8) is 0 Å². The quantitative estimate of drug-likeness (QED) is 0.625. The first-order valence-corrected chi connectivity index (χ1v) is 7.19. The SMILES string of the molecule is CCc1cccc2c(Cl)nc(-c3cc(F)ccc3C)nc12. The fraction of sp³-hybridized carbons (Fsp3) is 0.176. The zero-order valence-corrected chi connectivity index (χ0v) is 12.6. The van der Waals surface area contributed by atoms with E-state index in [0.29, 0.717) is 16.5 Å². The van der Waals surface area contributed by atoms with Gasteiger partial charge in [0.15, 0.2) is 5.82 Å². The molecule has 0 spiro atoms. The second kappa shape index (κ2) is 5.41. The van der Waals surface area contributed by atoms with E-state index in [1.165, 1.54) is 12.1 Å². The lowest BCUT2D eigenvalue weighted by atomic mass is 10.1. The summed E-state index contributed by atoms with van der Waals surface area (Å²) in [6.45, 7) is 3.97. The molecule has 2 nitrogen and oxygen atoms in total. The maximum Gasteiger partial charge on any atom is 0.161 e. The Morgan fingerprint density at radius 3 is 2.71 bits per heavy atom. The Morgan fingerprint density at radius 1 is 1.14 bits per heavy atom. The molecule has 0 amide bonds. The molecule has 3 aromatic rings. The van der Waals surface area contributed by atoms with Crippen molar-refractivity contribution in [2.24, 2.45) is 0 Å². The number of aromatic nitrogens is 2. The summed E-state index contributed by atoms with van der Waals surface area (Å²) in [5, 5.41) is 1.22. The Labute approximate surface area is 127 Å². The first kappa shape index (κ1) is 14.0. The van der Waals surface area contributed by atoms with Gasteiger partial charge in [-0.15, -0.1) is 0 Å². The number of rotatable bonds is 2. The molecule has 106 valence electrons. The van der Waals surface area contributed by atoms with Crippen LogP contribution in [0, 0.1) is 12.7 Å². The van der Waals surface area contributed by atoms with Gasteiger partial charge in [0.25, 0.3) is 0 Å². The van der Waals surface area contributed by atoms with Crippen molar-refractivity contribution in [3.05, 3.63) is 58.5 Å². The van der Waals surface area contributed by atoms with E-state index in [2.05, 4.69) is 16.9 Å². The van der Waals surface area contributed by atoms with Crippen molar-refractivity contribution in [2.45, 2.75) is 20.3 Å². The number of para-hydroxylation sites is 1. The molecular formula is C17H14ClFN2. The second-order valence-electron chi connectivity index (χ2n) is 4.96. The summed E-state index contributed by atoms with van der Waals surface area (Å²) in [6, 6.07) is 10.5. The predicted molar refractivity (Wildman–Crippen MR) is 84.1 cm³/mol. The van der Waals surface area contributed by atoms with Crippen LogP contribution in [0.25, 0.3) is 22.3 Å². The molecule has 21 heavy (non-hydrogen) atoms. The molecule has 0 aliphatic heterocycles. The minimum absolute atomic E-state index is 0.306. The summed E-state index contributed by atoms with van der Waals surface area (Å²) in [5.41, 5.74) is 3.52. The lowest BCUT2D eigenvalue weighted by molar-refractivity contribution is 0.627. The molecule has 0 radical (unpaired) electrons. The largest absolute Gasteiger partial charge is 0.228 e. The minimum atomic E-state index is -0.306. The van der Waals surface area contributed by atoms with Gasteiger partial charge in [0.1, 0.15) is 11.0 Å². The molecule has 0 saturated heterocycles. The molecule has 0 unspecified atom stereocenters. The molecule has 0 bridgehead atoms. The number of nitrogens with zero attached hydrogens (tertiary/aromatic N) is 2. The van der Waals surface area contributed by atoms with Crippen LogP contribution >= 0.6 is 11.6 Å². The zero-order chi connectivity index (χ0) is 15.0. The summed E-state index contributed by atoms with van der Waals surface area (Å²) in [5.74, 6) is 0.157. The number of hydrogen-bond donors (Lipinski definition) is 0. The third-order valence-corrected chi connectivity index (χ3v) is 3.87. The average Bonchev–Trinajstić information content (AvgIpc) is 2.49. The van der Waals surface area contributed by atoms with Gasteiger partial charge < -0.3 is 0 Å². The third-order valence-electron chi connectivity index (χ3n) is 3.59. The van der Waals surface area contributed by atoms with Gasteiger partial charge in [0.2, 0.25) is 0 Å². The molecule has 1 heterocycles. The van der Waals surface area contributed by atoms with Gasteiger partial charge in [-0.3, -0.25) is 0 Å². The van der Waals surface area contributed by atoms with E-state index in [9.17, 15) is 4.39 Å². The van der Waals surface area contributed by atoms with Crippen LogP contribution in [0.15, 0.2) is 36.4 Å². The van der Waals surface area contributed by atoms with Crippen molar-refractivity contribution in [1.29, 1.82) is 0 Å². The van der Waals surface area contributed by atoms with Crippen LogP contribution in [0.4, 0.5) is 4.39 Å². The van der Waals surface area contributed by atoms with Crippen LogP contribution in [0.5, 0.6) is 0 Å². The van der Waals surface area contributed by atoms with Crippen LogP contribution in [-0.4, -0.2) is 9.97 Å². The fourth-order valence-electron chi connectivity index (χ4n) is 2.41. The Bertz CT molecular complexity index is 830. The maximum atomic E-state index is 13.5. The van der Waals surface area contributed by atoms with Gasteiger partial charge in [-0.1, -0.05) is 36.7 Å². The van der Waals surface area contributed by atoms with E-state index >= 15 is 0 Å². The molecule has 2 aromatic carbocycles. The molecule has 0 aliphatic carbocycles. The highest BCUT2D eigenvalue weighted by Crippen LogP contribution is 2.28. The van der Waals surface area contributed by atoms with E-state index in [4.69, 9.17) is 11.6 Å². The summed E-state index contributed by atoms with van der Waals surface area (Å²) < 4.78 is 13.5. The van der Waals surface area contributed by atoms with E-state index in [-0.39, 0.29) is 5.82 Å². The molecule has 0 atom stereocenters.